The molecular weight excluding hydrogens is 338 g/mol. The van der Waals surface area contributed by atoms with E-state index < -0.39 is 0 Å². The molecule has 3 heterocycles. The number of H-pyrrole nitrogens is 1. The third-order valence-corrected chi connectivity index (χ3v) is 5.82. The first-order chi connectivity index (χ1) is 13.2. The summed E-state index contributed by atoms with van der Waals surface area (Å²) < 4.78 is 0. The second-order valence-corrected chi connectivity index (χ2v) is 7.66. The van der Waals surface area contributed by atoms with Crippen LogP contribution in [0.25, 0.3) is 22.2 Å². The van der Waals surface area contributed by atoms with E-state index in [1.54, 1.807) is 0 Å². The Morgan fingerprint density at radius 1 is 1.15 bits per heavy atom. The van der Waals surface area contributed by atoms with Gasteiger partial charge >= 0.3 is 6.03 Å². The molecule has 3 aromatic rings. The Kier molecular flexibility index (Phi) is 3.85. The van der Waals surface area contributed by atoms with E-state index in [2.05, 4.69) is 26.6 Å². The second kappa shape index (κ2) is 6.37. The Morgan fingerprint density at radius 2 is 2.00 bits per heavy atom. The Morgan fingerprint density at radius 3 is 2.81 bits per heavy atom. The van der Waals surface area contributed by atoms with Gasteiger partial charge < -0.3 is 10.2 Å². The molecule has 0 spiro atoms. The highest BCUT2D eigenvalue weighted by Crippen LogP contribution is 2.35. The molecule has 0 bridgehead atoms. The van der Waals surface area contributed by atoms with Crippen LogP contribution in [0.4, 0.5) is 10.5 Å². The van der Waals surface area contributed by atoms with Crippen LogP contribution in [0.5, 0.6) is 0 Å². The largest absolute Gasteiger partial charge is 0.322 e. The van der Waals surface area contributed by atoms with Crippen molar-refractivity contribution < 1.29 is 4.79 Å². The monoisotopic (exact) mass is 361 g/mol. The molecule has 6 nitrogen and oxygen atoms in total. The number of aromatic amines is 1. The molecule has 2 N–H and O–H groups in total. The van der Waals surface area contributed by atoms with Gasteiger partial charge in [-0.1, -0.05) is 19.3 Å². The Labute approximate surface area is 158 Å². The quantitative estimate of drug-likeness (QED) is 0.700. The molecule has 2 amide bonds. The highest BCUT2D eigenvalue weighted by molar-refractivity contribution is 6.00. The molecule has 0 saturated heterocycles. The van der Waals surface area contributed by atoms with E-state index in [1.165, 1.54) is 19.3 Å². The fourth-order valence-electron chi connectivity index (χ4n) is 4.40. The first-order valence-corrected chi connectivity index (χ1v) is 9.71. The molecule has 27 heavy (non-hydrogen) atoms. The number of carbonyl (C=O) groups is 1. The van der Waals surface area contributed by atoms with Gasteiger partial charge in [-0.15, -0.1) is 0 Å². The fraction of sp³-hybridized carbons (Fsp3) is 0.381. The lowest BCUT2D eigenvalue weighted by atomic mass is 9.93. The number of aromatic nitrogens is 3. The Bertz CT molecular complexity index is 1020. The van der Waals surface area contributed by atoms with Crippen LogP contribution < -0.4 is 5.32 Å². The molecule has 6 heteroatoms. The lowest BCUT2D eigenvalue weighted by Crippen LogP contribution is -2.46. The molecule has 2 aromatic heterocycles. The van der Waals surface area contributed by atoms with E-state index in [4.69, 9.17) is 0 Å². The molecule has 1 saturated carbocycles. The van der Waals surface area contributed by atoms with Gasteiger partial charge in [0.05, 0.1) is 5.52 Å². The average Bonchev–Trinajstić information content (AvgIpc) is 3.09. The number of fused-ring (bicyclic) bond motifs is 2. The third-order valence-electron chi connectivity index (χ3n) is 5.82. The number of rotatable bonds is 2. The van der Waals surface area contributed by atoms with E-state index in [1.807, 2.05) is 36.2 Å². The minimum atomic E-state index is 0.0262. The van der Waals surface area contributed by atoms with Crippen LogP contribution in [-0.4, -0.2) is 32.2 Å². The predicted octanol–water partition coefficient (Wildman–Crippen LogP) is 4.61. The summed E-state index contributed by atoms with van der Waals surface area (Å²) in [6.07, 6.45) is 7.75. The van der Waals surface area contributed by atoms with Gasteiger partial charge in [-0.3, -0.25) is 10.1 Å². The summed E-state index contributed by atoms with van der Waals surface area (Å²) in [5.41, 5.74) is 5.93. The van der Waals surface area contributed by atoms with Gasteiger partial charge in [0.2, 0.25) is 0 Å². The van der Waals surface area contributed by atoms with Gasteiger partial charge in [-0.25, -0.2) is 4.79 Å². The van der Waals surface area contributed by atoms with E-state index in [0.717, 1.165) is 51.9 Å². The average molecular weight is 361 g/mol. The van der Waals surface area contributed by atoms with Crippen molar-refractivity contribution in [2.75, 3.05) is 5.32 Å². The van der Waals surface area contributed by atoms with Gasteiger partial charge in [0.1, 0.15) is 5.69 Å². The topological polar surface area (TPSA) is 73.9 Å². The van der Waals surface area contributed by atoms with Gasteiger partial charge in [-0.2, -0.15) is 5.10 Å². The zero-order chi connectivity index (χ0) is 18.4. The number of benzene rings is 1. The number of nitrogens with one attached hydrogen (secondary N) is 2. The summed E-state index contributed by atoms with van der Waals surface area (Å²) in [5, 5.41) is 11.8. The Balaban J connectivity index is 1.54. The summed E-state index contributed by atoms with van der Waals surface area (Å²) in [6, 6.07) is 8.59. The number of amides is 2. The predicted molar refractivity (Wildman–Crippen MR) is 105 cm³/mol. The van der Waals surface area contributed by atoms with Gasteiger partial charge in [0, 0.05) is 41.1 Å². The van der Waals surface area contributed by atoms with Crippen LogP contribution in [0.1, 0.15) is 43.4 Å². The molecule has 0 unspecified atom stereocenters. The van der Waals surface area contributed by atoms with Crippen LogP contribution in [0.2, 0.25) is 0 Å². The maximum absolute atomic E-state index is 12.6. The summed E-state index contributed by atoms with van der Waals surface area (Å²) in [5.74, 6) is 0. The number of aryl methyl sites for hydroxylation is 1. The number of hydrogen-bond donors (Lipinski definition) is 2. The van der Waals surface area contributed by atoms with Gasteiger partial charge in [0.15, 0.2) is 0 Å². The van der Waals surface area contributed by atoms with Crippen LogP contribution in [0.3, 0.4) is 0 Å². The summed E-state index contributed by atoms with van der Waals surface area (Å²) >= 11 is 0. The van der Waals surface area contributed by atoms with Crippen molar-refractivity contribution in [2.45, 2.75) is 51.6 Å². The van der Waals surface area contributed by atoms with Gasteiger partial charge in [-0.05, 0) is 49.6 Å². The smallest absolute Gasteiger partial charge is 0.317 e. The lowest BCUT2D eigenvalue weighted by Gasteiger charge is -2.37. The van der Waals surface area contributed by atoms with Crippen LogP contribution in [-0.2, 0) is 6.54 Å². The molecule has 0 atom stereocenters. The highest BCUT2D eigenvalue weighted by Gasteiger charge is 2.30. The van der Waals surface area contributed by atoms with Crippen molar-refractivity contribution in [3.63, 3.8) is 0 Å². The number of pyridine rings is 1. The number of carbonyl (C=O) groups excluding carboxylic acids is 1. The third kappa shape index (κ3) is 2.85. The number of nitrogens with zero attached hydrogens (tertiary/aromatic N) is 3. The maximum atomic E-state index is 12.6. The first kappa shape index (κ1) is 16.3. The summed E-state index contributed by atoms with van der Waals surface area (Å²) in [7, 11) is 0. The van der Waals surface area contributed by atoms with Gasteiger partial charge in [0.25, 0.3) is 0 Å². The Hall–Kier alpha value is -2.89. The molecule has 1 aromatic carbocycles. The van der Waals surface area contributed by atoms with E-state index >= 15 is 0 Å². The van der Waals surface area contributed by atoms with Crippen LogP contribution in [0, 0.1) is 6.92 Å². The minimum Gasteiger partial charge on any atom is -0.317 e. The first-order valence-electron chi connectivity index (χ1n) is 9.71. The SMILES string of the molecule is Cc1cc(-c2n[nH]c3cc4c(cc23)CN(C2CCCCC2)C(=O)N4)ccn1. The van der Waals surface area contributed by atoms with E-state index in [9.17, 15) is 4.79 Å². The fourth-order valence-corrected chi connectivity index (χ4v) is 4.40. The highest BCUT2D eigenvalue weighted by atomic mass is 16.2. The van der Waals surface area contributed by atoms with Crippen molar-refractivity contribution in [1.29, 1.82) is 0 Å². The molecule has 1 fully saturated rings. The van der Waals surface area contributed by atoms with Crippen molar-refractivity contribution in [2.24, 2.45) is 0 Å². The number of urea groups is 1. The van der Waals surface area contributed by atoms with Crippen molar-refractivity contribution in [1.82, 2.24) is 20.1 Å². The molecule has 1 aliphatic carbocycles. The molecule has 5 rings (SSSR count). The molecule has 1 aliphatic heterocycles. The number of hydrogen-bond acceptors (Lipinski definition) is 3. The maximum Gasteiger partial charge on any atom is 0.322 e. The van der Waals surface area contributed by atoms with E-state index in [0.29, 0.717) is 12.6 Å². The molecule has 0 radical (unpaired) electrons. The molecule has 2 aliphatic rings. The molecule has 138 valence electrons. The zero-order valence-corrected chi connectivity index (χ0v) is 15.5. The summed E-state index contributed by atoms with van der Waals surface area (Å²) in [6.45, 7) is 2.65. The normalized spacial score (nSPS) is 17.8. The zero-order valence-electron chi connectivity index (χ0n) is 15.5. The molecular formula is C21H23N5O. The standard InChI is InChI=1S/C21H23N5O/c1-13-9-14(7-8-22-13)20-17-10-15-12-26(16-5-3-2-4-6-16)21(27)23-18(15)11-19(17)24-25-20/h7-11,16H,2-6,12H2,1H3,(H,23,27)(H,24,25). The number of anilines is 1. The van der Waals surface area contributed by atoms with Crippen molar-refractivity contribution in [3.05, 3.63) is 41.7 Å². The van der Waals surface area contributed by atoms with Crippen LogP contribution >= 0.6 is 0 Å². The van der Waals surface area contributed by atoms with Crippen molar-refractivity contribution in [3.8, 4) is 11.3 Å². The van der Waals surface area contributed by atoms with Crippen molar-refractivity contribution >= 4 is 22.6 Å². The lowest BCUT2D eigenvalue weighted by molar-refractivity contribution is 0.160. The second-order valence-electron chi connectivity index (χ2n) is 7.66. The van der Waals surface area contributed by atoms with E-state index in [-0.39, 0.29) is 6.03 Å². The summed E-state index contributed by atoms with van der Waals surface area (Å²) in [4.78, 5) is 18.9. The minimum absolute atomic E-state index is 0.0262. The van der Waals surface area contributed by atoms with Crippen LogP contribution in [0.15, 0.2) is 30.5 Å².